The Bertz CT molecular complexity index is 522. The first-order valence-electron chi connectivity index (χ1n) is 14.5. The zero-order chi connectivity index (χ0) is 27.8. The summed E-state index contributed by atoms with van der Waals surface area (Å²) in [4.78, 5) is 0. The van der Waals surface area contributed by atoms with Crippen LogP contribution in [0.2, 0.25) is 0 Å². The minimum absolute atomic E-state index is 0.236. The third kappa shape index (κ3) is 15.6. The first-order chi connectivity index (χ1) is 17.9. The van der Waals surface area contributed by atoms with E-state index in [1.54, 1.807) is 0 Å². The average Bonchev–Trinajstić information content (AvgIpc) is 2.86. The van der Waals surface area contributed by atoms with Crippen molar-refractivity contribution in [2.45, 2.75) is 98.2 Å². The van der Waals surface area contributed by atoms with E-state index in [2.05, 4.69) is 38.4 Å². The summed E-state index contributed by atoms with van der Waals surface area (Å²) in [6, 6.07) is 2.58. The van der Waals surface area contributed by atoms with Gasteiger partial charge in [-0.3, -0.25) is 0 Å². The van der Waals surface area contributed by atoms with Crippen LogP contribution in [0.25, 0.3) is 0 Å². The van der Waals surface area contributed by atoms with Gasteiger partial charge in [0.1, 0.15) is 5.60 Å². The van der Waals surface area contributed by atoms with Crippen LogP contribution in [0, 0.1) is 11.3 Å². The first kappa shape index (κ1) is 28.2. The summed E-state index contributed by atoms with van der Waals surface area (Å²) in [6.07, 6.45) is 2.86. The van der Waals surface area contributed by atoms with E-state index in [0.29, 0.717) is 92.4 Å². The molecule has 0 aliphatic heterocycles. The van der Waals surface area contributed by atoms with Crippen LogP contribution in [-0.4, -0.2) is 81.8 Å². The minimum Gasteiger partial charge on any atom is -0.378 e. The smallest absolute Gasteiger partial charge is 0.259 e. The highest BCUT2D eigenvalue weighted by Crippen LogP contribution is 2.46. The monoisotopic (exact) mass is 509 g/mol. The van der Waals surface area contributed by atoms with Gasteiger partial charge in [0, 0.05) is 42.6 Å². The molecule has 0 heterocycles. The predicted octanol–water partition coefficient (Wildman–Crippen LogP) is 5.70. The molecule has 8 nitrogen and oxygen atoms in total. The van der Waals surface area contributed by atoms with Crippen LogP contribution in [0.1, 0.15) is 84.6 Å². The number of nitrogens with zero attached hydrogens (tertiary/aromatic N) is 2. The van der Waals surface area contributed by atoms with Gasteiger partial charge < -0.3 is 28.0 Å². The lowest BCUT2D eigenvalue weighted by molar-refractivity contribution is -0.167. The molecule has 0 bridgehead atoms. The minimum atomic E-state index is -1.30. The summed E-state index contributed by atoms with van der Waals surface area (Å²) in [7, 11) is -1.30. The molecule has 0 aromatic heterocycles. The van der Waals surface area contributed by atoms with Crippen molar-refractivity contribution < 1.29 is 32.1 Å². The fourth-order valence-electron chi connectivity index (χ4n) is 3.13. The zero-order valence-electron chi connectivity index (χ0n) is 25.0. The van der Waals surface area contributed by atoms with Crippen LogP contribution < -0.4 is 0 Å². The fourth-order valence-corrected chi connectivity index (χ4v) is 4.76. The fraction of sp³-hybridized carbons (Fsp3) is 0.960. The quantitative estimate of drug-likeness (QED) is 0.121. The van der Waals surface area contributed by atoms with Crippen molar-refractivity contribution in [3.63, 3.8) is 0 Å². The van der Waals surface area contributed by atoms with Gasteiger partial charge in [0.15, 0.2) is 0 Å². The Morgan fingerprint density at radius 2 is 1.29 bits per heavy atom. The highest BCUT2D eigenvalue weighted by Gasteiger charge is 2.33. The number of ether oxygens (including phenoxy) is 4. The van der Waals surface area contributed by atoms with Crippen LogP contribution in [-0.2, 0) is 28.0 Å². The molecule has 202 valence electrons. The maximum absolute atomic E-state index is 8.88. The van der Waals surface area contributed by atoms with E-state index in [-0.39, 0.29) is 31.9 Å². The van der Waals surface area contributed by atoms with Gasteiger partial charge in [-0.05, 0) is 53.4 Å². The van der Waals surface area contributed by atoms with Crippen LogP contribution in [0.4, 0.5) is 0 Å². The van der Waals surface area contributed by atoms with Crippen LogP contribution in [0.3, 0.4) is 0 Å². The summed E-state index contributed by atoms with van der Waals surface area (Å²) in [5.41, 5.74) is -0.817. The lowest BCUT2D eigenvalue weighted by atomic mass is 10.1. The summed E-state index contributed by atoms with van der Waals surface area (Å²) in [5, 5.41) is 8.88. The van der Waals surface area contributed by atoms with Gasteiger partial charge >= 0.3 is 0 Å². The van der Waals surface area contributed by atoms with Crippen molar-refractivity contribution in [2.24, 2.45) is 0 Å². The molecule has 0 amide bonds. The normalized spacial score (nSPS) is 14.4. The largest absolute Gasteiger partial charge is 0.378 e. The topological polar surface area (TPSA) is 82.4 Å². The van der Waals surface area contributed by atoms with E-state index < -0.39 is 14.1 Å². The highest BCUT2D eigenvalue weighted by molar-refractivity contribution is 7.44. The molecule has 0 saturated carbocycles. The Morgan fingerprint density at radius 3 is 1.74 bits per heavy atom. The molecule has 34 heavy (non-hydrogen) atoms. The van der Waals surface area contributed by atoms with E-state index in [0.717, 1.165) is 0 Å². The average molecular weight is 510 g/mol. The summed E-state index contributed by atoms with van der Waals surface area (Å²) < 4.78 is 60.1. The molecule has 0 aromatic rings. The van der Waals surface area contributed by atoms with Crippen molar-refractivity contribution >= 4 is 8.53 Å². The molecule has 0 rings (SSSR count). The van der Waals surface area contributed by atoms with Crippen molar-refractivity contribution in [1.82, 2.24) is 4.67 Å². The van der Waals surface area contributed by atoms with Crippen molar-refractivity contribution in [3.05, 3.63) is 0 Å². The summed E-state index contributed by atoms with van der Waals surface area (Å²) in [6.45, 7) is 12.7. The zero-order valence-corrected chi connectivity index (χ0v) is 22.9. The third-order valence-corrected chi connectivity index (χ3v) is 6.63. The second kappa shape index (κ2) is 21.9. The molecule has 0 aliphatic carbocycles. The maximum atomic E-state index is 8.88. The van der Waals surface area contributed by atoms with E-state index >= 15 is 0 Å². The molecule has 0 fully saturated rings. The second-order valence-corrected chi connectivity index (χ2v) is 9.94. The van der Waals surface area contributed by atoms with Crippen LogP contribution in [0.15, 0.2) is 0 Å². The molecule has 0 radical (unpaired) electrons. The van der Waals surface area contributed by atoms with Gasteiger partial charge in [0.25, 0.3) is 8.53 Å². The molecule has 0 aromatic carbocycles. The summed E-state index contributed by atoms with van der Waals surface area (Å²) >= 11 is 0. The lowest BCUT2D eigenvalue weighted by Crippen LogP contribution is -2.47. The van der Waals surface area contributed by atoms with E-state index in [9.17, 15) is 0 Å². The van der Waals surface area contributed by atoms with E-state index in [4.69, 9.17) is 37.4 Å². The van der Waals surface area contributed by atoms with Crippen molar-refractivity contribution in [2.75, 3.05) is 59.5 Å². The van der Waals surface area contributed by atoms with Crippen LogP contribution >= 0.6 is 8.53 Å². The predicted molar refractivity (Wildman–Crippen MR) is 138 cm³/mol. The van der Waals surface area contributed by atoms with Crippen molar-refractivity contribution in [1.29, 1.82) is 5.26 Å². The Hall–Kier alpha value is -0.360. The molecule has 0 aliphatic rings. The van der Waals surface area contributed by atoms with Crippen molar-refractivity contribution in [3.8, 4) is 6.07 Å². The Kier molecular flexibility index (Phi) is 18.2. The van der Waals surface area contributed by atoms with Gasteiger partial charge in [0.2, 0.25) is 0 Å². The Labute approximate surface area is 214 Å². The molecule has 0 saturated heterocycles. The third-order valence-electron chi connectivity index (χ3n) is 4.52. The number of rotatable bonds is 24. The van der Waals surface area contributed by atoms with Gasteiger partial charge in [-0.15, -0.1) is 0 Å². The maximum Gasteiger partial charge on any atom is 0.259 e. The standard InChI is InChI=1S/C25H51N2O6P/c1-8-14-28-20-25(21-29-15-9-2,22-30-16-10-3)31-17-12-19-33-34(32-18-11-13-26)27(23(4)5)24(6)7/h23-24H,8-12,14-22H2,1-7H3/i1D,2D,3D. The Morgan fingerprint density at radius 1 is 0.794 bits per heavy atom. The van der Waals surface area contributed by atoms with Gasteiger partial charge in [-0.2, -0.15) is 5.26 Å². The molecular formula is C25H51N2O6P. The molecule has 0 N–H and O–H groups in total. The SMILES string of the molecule is [2H]CCCOCC(COCCC[2H])(COCCC[2H])OCCCOP(OCCC#N)N(C(C)C)C(C)C. The van der Waals surface area contributed by atoms with Crippen LogP contribution in [0.5, 0.6) is 0 Å². The highest BCUT2D eigenvalue weighted by atomic mass is 31.2. The van der Waals surface area contributed by atoms with Gasteiger partial charge in [-0.1, -0.05) is 20.7 Å². The molecule has 0 spiro atoms. The number of hydrogen-bond acceptors (Lipinski definition) is 8. The van der Waals surface area contributed by atoms with Gasteiger partial charge in [0.05, 0.1) is 45.5 Å². The Balaban J connectivity index is 5.11. The lowest BCUT2D eigenvalue weighted by Gasteiger charge is -2.36. The second-order valence-electron chi connectivity index (χ2n) is 8.48. The summed E-state index contributed by atoms with van der Waals surface area (Å²) in [5.74, 6) is 0. The molecular weight excluding hydrogens is 455 g/mol. The van der Waals surface area contributed by atoms with Gasteiger partial charge in [-0.25, -0.2) is 4.67 Å². The first-order valence-corrected chi connectivity index (χ1v) is 13.5. The van der Waals surface area contributed by atoms with E-state index in [1.807, 2.05) is 0 Å². The number of hydrogen-bond donors (Lipinski definition) is 0. The van der Waals surface area contributed by atoms with E-state index in [1.165, 1.54) is 0 Å². The number of nitriles is 1. The molecule has 1 atom stereocenters. The molecule has 9 heteroatoms. The molecule has 1 unspecified atom stereocenters.